The Balaban J connectivity index is 1.46. The first kappa shape index (κ1) is 19.9. The number of benzene rings is 2. The van der Waals surface area contributed by atoms with Crippen molar-refractivity contribution >= 4 is 28.7 Å². The van der Waals surface area contributed by atoms with Crippen LogP contribution in [0.5, 0.6) is 0 Å². The van der Waals surface area contributed by atoms with E-state index in [0.29, 0.717) is 0 Å². The smallest absolute Gasteiger partial charge is 0.269 e. The molecule has 1 aromatic heterocycles. The molecule has 2 aromatic carbocycles. The first-order chi connectivity index (χ1) is 13.6. The number of thiophene rings is 1. The minimum Gasteiger partial charge on any atom is -0.313 e. The van der Waals surface area contributed by atoms with Crippen LogP contribution in [0.15, 0.2) is 59.6 Å². The molecule has 3 rings (SSSR count). The summed E-state index contributed by atoms with van der Waals surface area (Å²) in [5.74, 6) is 0. The summed E-state index contributed by atoms with van der Waals surface area (Å²) < 4.78 is 0. The number of nitrogens with one attached hydrogen (secondary N) is 1. The summed E-state index contributed by atoms with van der Waals surface area (Å²) in [5.41, 5.74) is 4.66. The van der Waals surface area contributed by atoms with Crippen molar-refractivity contribution < 1.29 is 4.92 Å². The molecule has 1 heterocycles. The summed E-state index contributed by atoms with van der Waals surface area (Å²) >= 11 is 1.67. The number of nitrogens with zero attached hydrogens (tertiary/aromatic N) is 2. The molecule has 1 N–H and O–H groups in total. The summed E-state index contributed by atoms with van der Waals surface area (Å²) in [5, 5.41) is 15.2. The number of hydrogen-bond acceptors (Lipinski definition) is 5. The van der Waals surface area contributed by atoms with Crippen LogP contribution in [0.4, 0.5) is 10.7 Å². The fourth-order valence-electron chi connectivity index (χ4n) is 3.10. The highest BCUT2D eigenvalue weighted by Gasteiger charge is 2.06. The fraction of sp³-hybridized carbons (Fsp3) is 0.227. The monoisotopic (exact) mass is 393 g/mol. The molecular weight excluding hydrogens is 370 g/mol. The Hall–Kier alpha value is -2.83. The zero-order valence-corrected chi connectivity index (χ0v) is 16.7. The van der Waals surface area contributed by atoms with E-state index in [1.54, 1.807) is 23.5 Å². The van der Waals surface area contributed by atoms with Crippen LogP contribution in [0, 0.1) is 17.0 Å². The topological polar surface area (TPSA) is 67.5 Å². The number of nitro benzene ring substituents is 1. The molecule has 0 unspecified atom stereocenters. The molecule has 6 heteroatoms. The Morgan fingerprint density at radius 2 is 1.75 bits per heavy atom. The minimum atomic E-state index is -0.380. The zero-order valence-electron chi connectivity index (χ0n) is 15.9. The number of rotatable bonds is 9. The van der Waals surface area contributed by atoms with Gasteiger partial charge < -0.3 is 5.32 Å². The second kappa shape index (κ2) is 9.39. The molecule has 3 aromatic rings. The first-order valence-corrected chi connectivity index (χ1v) is 9.99. The predicted molar refractivity (Wildman–Crippen MR) is 117 cm³/mol. The molecule has 0 saturated carbocycles. The van der Waals surface area contributed by atoms with Crippen molar-refractivity contribution in [2.45, 2.75) is 26.3 Å². The fourth-order valence-corrected chi connectivity index (χ4v) is 3.93. The Morgan fingerprint density at radius 3 is 2.36 bits per heavy atom. The van der Waals surface area contributed by atoms with Crippen molar-refractivity contribution in [2.24, 2.45) is 4.99 Å². The van der Waals surface area contributed by atoms with Gasteiger partial charge >= 0.3 is 0 Å². The van der Waals surface area contributed by atoms with E-state index in [-0.39, 0.29) is 10.6 Å². The maximum Gasteiger partial charge on any atom is 0.269 e. The molecule has 0 bridgehead atoms. The molecule has 0 aliphatic heterocycles. The Labute approximate surface area is 168 Å². The lowest BCUT2D eigenvalue weighted by Crippen LogP contribution is -2.15. The van der Waals surface area contributed by atoms with Crippen molar-refractivity contribution in [1.29, 1.82) is 0 Å². The first-order valence-electron chi connectivity index (χ1n) is 9.17. The third-order valence-corrected chi connectivity index (χ3v) is 5.58. The van der Waals surface area contributed by atoms with E-state index in [1.165, 1.54) is 28.1 Å². The number of nitro groups is 1. The molecule has 0 aliphatic carbocycles. The van der Waals surface area contributed by atoms with Gasteiger partial charge in [0.05, 0.1) is 4.92 Å². The van der Waals surface area contributed by atoms with E-state index in [9.17, 15) is 10.1 Å². The Bertz CT molecular complexity index is 947. The highest BCUT2D eigenvalue weighted by Crippen LogP contribution is 2.29. The maximum atomic E-state index is 10.7. The highest BCUT2D eigenvalue weighted by molar-refractivity contribution is 7.15. The van der Waals surface area contributed by atoms with Crippen LogP contribution in [-0.2, 0) is 13.0 Å². The summed E-state index contributed by atoms with van der Waals surface area (Å²) in [6, 6.07) is 17.2. The van der Waals surface area contributed by atoms with E-state index in [1.807, 2.05) is 0 Å². The third-order valence-electron chi connectivity index (χ3n) is 4.55. The van der Waals surface area contributed by atoms with Crippen LogP contribution < -0.4 is 5.32 Å². The second-order valence-electron chi connectivity index (χ2n) is 6.63. The predicted octanol–water partition coefficient (Wildman–Crippen LogP) is 5.69. The Kier molecular flexibility index (Phi) is 6.68. The quantitative estimate of drug-likeness (QED) is 0.220. The van der Waals surface area contributed by atoms with Gasteiger partial charge in [-0.15, -0.1) is 11.3 Å². The van der Waals surface area contributed by atoms with Crippen molar-refractivity contribution in [2.75, 3.05) is 6.54 Å². The number of hydrogen-bond donors (Lipinski definition) is 1. The van der Waals surface area contributed by atoms with Gasteiger partial charge in [-0.05, 0) is 67.9 Å². The average Bonchev–Trinajstić information content (AvgIpc) is 3.08. The van der Waals surface area contributed by atoms with Gasteiger partial charge in [-0.3, -0.25) is 15.1 Å². The summed E-state index contributed by atoms with van der Waals surface area (Å²) in [4.78, 5) is 15.7. The highest BCUT2D eigenvalue weighted by atomic mass is 32.1. The molecule has 28 heavy (non-hydrogen) atoms. The largest absolute Gasteiger partial charge is 0.313 e. The number of non-ortho nitro benzene ring substituents is 1. The van der Waals surface area contributed by atoms with Crippen LogP contribution in [0.1, 0.15) is 22.4 Å². The maximum absolute atomic E-state index is 10.7. The molecule has 0 fully saturated rings. The van der Waals surface area contributed by atoms with Crippen molar-refractivity contribution in [3.05, 3.63) is 80.7 Å². The van der Waals surface area contributed by atoms with Gasteiger partial charge in [-0.1, -0.05) is 24.3 Å². The van der Waals surface area contributed by atoms with Gasteiger partial charge in [0.2, 0.25) is 0 Å². The molecule has 0 spiro atoms. The van der Waals surface area contributed by atoms with Crippen molar-refractivity contribution in [3.63, 3.8) is 0 Å². The van der Waals surface area contributed by atoms with E-state index in [0.717, 1.165) is 42.1 Å². The molecule has 5 nitrogen and oxygen atoms in total. The van der Waals surface area contributed by atoms with E-state index >= 15 is 0 Å². The normalized spacial score (nSPS) is 10.8. The lowest BCUT2D eigenvalue weighted by atomic mass is 10.0. The van der Waals surface area contributed by atoms with Crippen molar-refractivity contribution in [1.82, 2.24) is 5.32 Å². The summed E-state index contributed by atoms with van der Waals surface area (Å²) in [6.07, 6.45) is 2.06. The number of aliphatic imine (C=N–C) groups is 1. The molecule has 144 valence electrons. The lowest BCUT2D eigenvalue weighted by molar-refractivity contribution is -0.384. The van der Waals surface area contributed by atoms with E-state index in [4.69, 9.17) is 0 Å². The molecule has 0 radical (unpaired) electrons. The van der Waals surface area contributed by atoms with Gasteiger partial charge in [0.25, 0.3) is 5.69 Å². The van der Waals surface area contributed by atoms with Gasteiger partial charge in [-0.25, -0.2) is 0 Å². The molecule has 0 atom stereocenters. The molecule has 0 aliphatic rings. The third kappa shape index (κ3) is 5.12. The van der Waals surface area contributed by atoms with Crippen LogP contribution in [0.25, 0.3) is 11.1 Å². The molecular formula is C22H23N3O2S. The zero-order chi connectivity index (χ0) is 19.9. The Morgan fingerprint density at radius 1 is 1.11 bits per heavy atom. The van der Waals surface area contributed by atoms with E-state index < -0.39 is 0 Å². The van der Waals surface area contributed by atoms with E-state index in [2.05, 4.69) is 54.3 Å². The van der Waals surface area contributed by atoms with Crippen LogP contribution in [0.2, 0.25) is 0 Å². The van der Waals surface area contributed by atoms with Crippen LogP contribution in [-0.4, -0.2) is 18.2 Å². The molecule has 0 saturated heterocycles. The average molecular weight is 394 g/mol. The minimum absolute atomic E-state index is 0.112. The SMILES string of the molecule is C=Nc1sc(C)cc1CNCCCc1ccc(-c2ccc([N+](=O)[O-])cc2)cc1. The van der Waals surface area contributed by atoms with Crippen LogP contribution >= 0.6 is 11.3 Å². The van der Waals surface area contributed by atoms with Gasteiger partial charge in [0, 0.05) is 29.1 Å². The van der Waals surface area contributed by atoms with Gasteiger partial charge in [0.15, 0.2) is 0 Å². The summed E-state index contributed by atoms with van der Waals surface area (Å²) in [7, 11) is 0. The van der Waals surface area contributed by atoms with Gasteiger partial charge in [0.1, 0.15) is 5.00 Å². The summed E-state index contributed by atoms with van der Waals surface area (Å²) in [6.45, 7) is 7.48. The molecule has 0 amide bonds. The number of aryl methyl sites for hydroxylation is 2. The van der Waals surface area contributed by atoms with Gasteiger partial charge in [-0.2, -0.15) is 0 Å². The van der Waals surface area contributed by atoms with Crippen LogP contribution in [0.3, 0.4) is 0 Å². The lowest BCUT2D eigenvalue weighted by Gasteiger charge is -2.06. The standard InChI is InChI=1S/C22H23N3O2S/c1-16-14-20(22(23-2)28-16)15-24-13-3-4-17-5-7-18(8-6-17)19-9-11-21(12-10-19)25(26)27/h5-12,14,24H,2-4,13,15H2,1H3. The van der Waals surface area contributed by atoms with Crippen molar-refractivity contribution in [3.8, 4) is 11.1 Å². The second-order valence-corrected chi connectivity index (χ2v) is 7.86.